The number of aliphatic carboxylic acids is 1. The van der Waals surface area contributed by atoms with Gasteiger partial charge in [-0.25, -0.2) is 13.6 Å². The van der Waals surface area contributed by atoms with E-state index >= 15 is 4.39 Å². The van der Waals surface area contributed by atoms with Crippen LogP contribution in [0.5, 0.6) is 0 Å². The number of amides is 1. The molecule has 2 aromatic heterocycles. The molecule has 0 bridgehead atoms. The third-order valence-corrected chi connectivity index (χ3v) is 8.43. The van der Waals surface area contributed by atoms with E-state index in [4.69, 9.17) is 0 Å². The van der Waals surface area contributed by atoms with Gasteiger partial charge in [0.2, 0.25) is 0 Å². The Kier molecular flexibility index (Phi) is 11.3. The summed E-state index contributed by atoms with van der Waals surface area (Å²) in [4.78, 5) is 43.6. The quantitative estimate of drug-likeness (QED) is 0.135. The number of fused-ring (bicyclic) bond motifs is 2. The van der Waals surface area contributed by atoms with Crippen molar-refractivity contribution in [3.8, 4) is 11.1 Å². The maximum Gasteiger partial charge on any atom is 0.408 e. The smallest absolute Gasteiger partial charge is 0.408 e. The number of benzene rings is 3. The molecule has 0 radical (unpaired) electrons. The van der Waals surface area contributed by atoms with Gasteiger partial charge < -0.3 is 20.3 Å². The van der Waals surface area contributed by atoms with Crippen molar-refractivity contribution in [3.05, 3.63) is 105 Å². The second kappa shape index (κ2) is 15.1. The molecule has 0 aliphatic heterocycles. The zero-order valence-electron chi connectivity index (χ0n) is 28.3. The van der Waals surface area contributed by atoms with Gasteiger partial charge in [-0.2, -0.15) is 13.2 Å². The van der Waals surface area contributed by atoms with Crippen LogP contribution in [0.4, 0.5) is 27.6 Å². The number of aryl methyl sites for hydroxylation is 3. The third kappa shape index (κ3) is 7.46. The fraction of sp³-hybridized carbons (Fsp3) is 0.297. The lowest BCUT2D eigenvalue weighted by Crippen LogP contribution is -2.43. The first kappa shape index (κ1) is 37.5. The minimum Gasteiger partial charge on any atom is -0.480 e. The van der Waals surface area contributed by atoms with Gasteiger partial charge in [0.25, 0.3) is 11.5 Å². The highest BCUT2D eigenvalue weighted by Crippen LogP contribution is 2.33. The van der Waals surface area contributed by atoms with Crippen molar-refractivity contribution in [2.24, 2.45) is 7.05 Å². The molecule has 0 spiro atoms. The molecule has 264 valence electrons. The van der Waals surface area contributed by atoms with Crippen LogP contribution in [0.25, 0.3) is 32.9 Å². The first-order valence-corrected chi connectivity index (χ1v) is 15.9. The third-order valence-electron chi connectivity index (χ3n) is 8.43. The maximum atomic E-state index is 15.1. The summed E-state index contributed by atoms with van der Waals surface area (Å²) in [5, 5.41) is 15.6. The Morgan fingerprint density at radius 3 is 2.32 bits per heavy atom. The van der Waals surface area contributed by atoms with Gasteiger partial charge in [-0.1, -0.05) is 39.0 Å². The van der Waals surface area contributed by atoms with Crippen molar-refractivity contribution >= 4 is 39.4 Å². The van der Waals surface area contributed by atoms with Gasteiger partial charge in [0.1, 0.15) is 23.7 Å². The molecule has 5 aromatic rings. The number of rotatable bonds is 9. The van der Waals surface area contributed by atoms with Crippen molar-refractivity contribution in [1.82, 2.24) is 14.9 Å². The fourth-order valence-corrected chi connectivity index (χ4v) is 5.98. The van der Waals surface area contributed by atoms with E-state index in [-0.39, 0.29) is 29.7 Å². The van der Waals surface area contributed by atoms with Crippen molar-refractivity contribution in [1.29, 1.82) is 0 Å². The minimum absolute atomic E-state index is 0.00221. The normalized spacial score (nSPS) is 12.6. The number of pyridine rings is 2. The van der Waals surface area contributed by atoms with Gasteiger partial charge in [-0.15, -0.1) is 0 Å². The Balaban J connectivity index is 0.00000276. The summed E-state index contributed by atoms with van der Waals surface area (Å²) in [6.07, 6.45) is -3.64. The standard InChI is InChI=1S/C35H31F5N4O4.C2H6/c1-5-28(35(38,39)40)42-21-13-17(2)29(25(37)16-21)32(45)43-26(34(47)48)14-19-8-10-23(31-22(19)7-6-12-41-31)30-18(3)24-15-20(36)9-11-27(24)44(4)33(30)46;1-2/h6-13,15-16,26,28,42H,5,14H2,1-4H3,(H,43,45)(H,47,48);1-2H3/t26-,28+;/m0./s1. The fourth-order valence-electron chi connectivity index (χ4n) is 5.98. The number of hydrogen-bond donors (Lipinski definition) is 3. The number of nitrogens with zero attached hydrogens (tertiary/aromatic N) is 2. The second-order valence-corrected chi connectivity index (χ2v) is 11.6. The Morgan fingerprint density at radius 2 is 1.70 bits per heavy atom. The molecule has 0 aliphatic carbocycles. The van der Waals surface area contributed by atoms with Crippen LogP contribution >= 0.6 is 0 Å². The highest BCUT2D eigenvalue weighted by molar-refractivity contribution is 6.00. The lowest BCUT2D eigenvalue weighted by Gasteiger charge is -2.22. The van der Waals surface area contributed by atoms with Crippen LogP contribution in [0.1, 0.15) is 54.2 Å². The zero-order chi connectivity index (χ0) is 37.1. The van der Waals surface area contributed by atoms with Crippen molar-refractivity contribution in [2.75, 3.05) is 5.32 Å². The average molecular weight is 697 g/mol. The van der Waals surface area contributed by atoms with Crippen LogP contribution in [0.15, 0.2) is 65.6 Å². The number of carboxylic acids is 1. The molecule has 0 fully saturated rings. The molecule has 0 saturated carbocycles. The van der Waals surface area contributed by atoms with Crippen LogP contribution in [-0.2, 0) is 18.3 Å². The van der Waals surface area contributed by atoms with Crippen molar-refractivity contribution in [2.45, 2.75) is 65.7 Å². The lowest BCUT2D eigenvalue weighted by atomic mass is 9.92. The van der Waals surface area contributed by atoms with Crippen molar-refractivity contribution < 1.29 is 36.6 Å². The predicted molar refractivity (Wildman–Crippen MR) is 183 cm³/mol. The van der Waals surface area contributed by atoms with Gasteiger partial charge in [0, 0.05) is 41.7 Å². The average Bonchev–Trinajstić information content (AvgIpc) is 3.06. The zero-order valence-corrected chi connectivity index (χ0v) is 28.3. The first-order valence-electron chi connectivity index (χ1n) is 15.9. The number of carbonyl (C=O) groups is 2. The summed E-state index contributed by atoms with van der Waals surface area (Å²) < 4.78 is 70.4. The van der Waals surface area contributed by atoms with E-state index in [1.807, 2.05) is 13.8 Å². The van der Waals surface area contributed by atoms with Gasteiger partial charge in [-0.05, 0) is 73.4 Å². The molecular weight excluding hydrogens is 659 g/mol. The van der Waals surface area contributed by atoms with Gasteiger partial charge in [-0.3, -0.25) is 14.6 Å². The number of anilines is 1. The largest absolute Gasteiger partial charge is 0.480 e. The van der Waals surface area contributed by atoms with E-state index < -0.39 is 47.3 Å². The van der Waals surface area contributed by atoms with Crippen molar-refractivity contribution in [3.63, 3.8) is 0 Å². The molecule has 8 nitrogen and oxygen atoms in total. The Morgan fingerprint density at radius 1 is 1.00 bits per heavy atom. The van der Waals surface area contributed by atoms with Crippen LogP contribution < -0.4 is 16.2 Å². The van der Waals surface area contributed by atoms with Crippen LogP contribution in [0.2, 0.25) is 0 Å². The number of carboxylic acid groups (broad SMARTS) is 1. The molecule has 3 aromatic carbocycles. The Hall–Kier alpha value is -5.33. The molecular formula is C37H37F5N4O4. The monoisotopic (exact) mass is 696 g/mol. The summed E-state index contributed by atoms with van der Waals surface area (Å²) in [5.74, 6) is -4.07. The number of carbonyl (C=O) groups excluding carboxylic acids is 1. The molecule has 2 heterocycles. The Bertz CT molecular complexity index is 2120. The van der Waals surface area contributed by atoms with Crippen LogP contribution in [0.3, 0.4) is 0 Å². The molecule has 5 rings (SSSR count). The van der Waals surface area contributed by atoms with E-state index in [0.717, 1.165) is 6.07 Å². The summed E-state index contributed by atoms with van der Waals surface area (Å²) in [7, 11) is 1.58. The van der Waals surface area contributed by atoms with E-state index in [9.17, 15) is 37.1 Å². The number of aromatic nitrogens is 2. The highest BCUT2D eigenvalue weighted by atomic mass is 19.4. The molecule has 2 atom stereocenters. The summed E-state index contributed by atoms with van der Waals surface area (Å²) in [5.41, 5.74) is 1.60. The highest BCUT2D eigenvalue weighted by Gasteiger charge is 2.38. The number of alkyl halides is 3. The van der Waals surface area contributed by atoms with Gasteiger partial charge in [0.15, 0.2) is 0 Å². The topological polar surface area (TPSA) is 113 Å². The first-order chi connectivity index (χ1) is 23.6. The van der Waals surface area contributed by atoms with E-state index in [1.165, 1.54) is 48.9 Å². The van der Waals surface area contributed by atoms with Crippen LogP contribution in [-0.4, -0.2) is 44.8 Å². The Labute approximate surface area is 285 Å². The molecule has 50 heavy (non-hydrogen) atoms. The predicted octanol–water partition coefficient (Wildman–Crippen LogP) is 7.85. The summed E-state index contributed by atoms with van der Waals surface area (Å²) >= 11 is 0. The van der Waals surface area contributed by atoms with E-state index in [2.05, 4.69) is 15.6 Å². The van der Waals surface area contributed by atoms with Gasteiger partial charge >= 0.3 is 12.1 Å². The second-order valence-electron chi connectivity index (χ2n) is 11.6. The minimum atomic E-state index is -4.58. The molecule has 3 N–H and O–H groups in total. The SMILES string of the molecule is CC.CC[C@@H](Nc1cc(C)c(C(=O)N[C@@H](Cc2ccc(-c3c(C)c4cc(F)ccc4n(C)c3=O)c3ncccc23)C(=O)O)c(F)c1)C(F)(F)F. The molecule has 1 amide bonds. The molecule has 0 unspecified atom stereocenters. The number of halogens is 5. The number of nitrogens with one attached hydrogen (secondary N) is 2. The van der Waals surface area contributed by atoms with E-state index in [1.54, 1.807) is 38.2 Å². The number of hydrogen-bond acceptors (Lipinski definition) is 5. The molecule has 0 saturated heterocycles. The molecule has 13 heteroatoms. The molecule has 0 aliphatic rings. The summed E-state index contributed by atoms with van der Waals surface area (Å²) in [6.45, 7) is 8.36. The maximum absolute atomic E-state index is 15.1. The lowest BCUT2D eigenvalue weighted by molar-refractivity contribution is -0.143. The van der Waals surface area contributed by atoms with Gasteiger partial charge in [0.05, 0.1) is 22.2 Å². The summed E-state index contributed by atoms with van der Waals surface area (Å²) in [6, 6.07) is 9.14. The van der Waals surface area contributed by atoms with E-state index in [0.29, 0.717) is 44.1 Å². The van der Waals surface area contributed by atoms with Crippen LogP contribution in [0, 0.1) is 25.5 Å².